The van der Waals surface area contributed by atoms with Crippen LogP contribution < -0.4 is 20.1 Å². The van der Waals surface area contributed by atoms with Gasteiger partial charge in [-0.05, 0) is 25.5 Å². The molecule has 2 heterocycles. The molecule has 0 spiro atoms. The van der Waals surface area contributed by atoms with Gasteiger partial charge in [0.2, 0.25) is 12.7 Å². The number of aromatic nitrogens is 1. The summed E-state index contributed by atoms with van der Waals surface area (Å²) in [5.74, 6) is 2.27. The van der Waals surface area contributed by atoms with Crippen LogP contribution in [0.5, 0.6) is 11.5 Å². The Kier molecular flexibility index (Phi) is 3.86. The molecule has 1 aliphatic rings. The highest BCUT2D eigenvalue weighted by atomic mass is 16.7. The van der Waals surface area contributed by atoms with Crippen molar-refractivity contribution in [2.45, 2.75) is 26.3 Å². The molecule has 1 amide bonds. The van der Waals surface area contributed by atoms with Crippen molar-refractivity contribution in [1.29, 1.82) is 0 Å². The zero-order chi connectivity index (χ0) is 15.5. The molecule has 0 saturated heterocycles. The van der Waals surface area contributed by atoms with E-state index in [0.717, 1.165) is 5.69 Å². The van der Waals surface area contributed by atoms with E-state index in [1.807, 2.05) is 25.1 Å². The van der Waals surface area contributed by atoms with E-state index < -0.39 is 6.04 Å². The van der Waals surface area contributed by atoms with Crippen molar-refractivity contribution in [3.05, 3.63) is 30.0 Å². The van der Waals surface area contributed by atoms with Gasteiger partial charge in [0.1, 0.15) is 11.8 Å². The van der Waals surface area contributed by atoms with Crippen LogP contribution in [0.3, 0.4) is 0 Å². The van der Waals surface area contributed by atoms with Crippen LogP contribution >= 0.6 is 0 Å². The molecule has 1 atom stereocenters. The SMILES string of the molecule is CCC(Nc1ccc2c(c1)OCO2)C(=O)Nc1cc(C)on1. The predicted octanol–water partition coefficient (Wildman–Crippen LogP) is 2.54. The first-order valence-corrected chi connectivity index (χ1v) is 7.06. The molecule has 0 aliphatic carbocycles. The summed E-state index contributed by atoms with van der Waals surface area (Å²) in [4.78, 5) is 12.3. The molecule has 7 heteroatoms. The summed E-state index contributed by atoms with van der Waals surface area (Å²) in [5, 5.41) is 9.66. The number of fused-ring (bicyclic) bond motifs is 1. The molecule has 22 heavy (non-hydrogen) atoms. The number of hydrogen-bond acceptors (Lipinski definition) is 6. The van der Waals surface area contributed by atoms with Gasteiger partial charge in [-0.15, -0.1) is 0 Å². The molecule has 2 aromatic rings. The highest BCUT2D eigenvalue weighted by molar-refractivity contribution is 5.95. The Balaban J connectivity index is 1.67. The zero-order valence-electron chi connectivity index (χ0n) is 12.4. The normalized spacial score (nSPS) is 13.7. The zero-order valence-corrected chi connectivity index (χ0v) is 12.4. The summed E-state index contributed by atoms with van der Waals surface area (Å²) in [6, 6.07) is 6.77. The molecule has 2 N–H and O–H groups in total. The van der Waals surface area contributed by atoms with E-state index in [2.05, 4.69) is 15.8 Å². The lowest BCUT2D eigenvalue weighted by Crippen LogP contribution is -2.34. The smallest absolute Gasteiger partial charge is 0.248 e. The molecule has 0 fully saturated rings. The van der Waals surface area contributed by atoms with Crippen LogP contribution in [0.1, 0.15) is 19.1 Å². The number of ether oxygens (including phenoxy) is 2. The number of rotatable bonds is 5. The molecule has 116 valence electrons. The van der Waals surface area contributed by atoms with E-state index in [4.69, 9.17) is 14.0 Å². The van der Waals surface area contributed by atoms with Gasteiger partial charge in [-0.3, -0.25) is 4.79 Å². The quantitative estimate of drug-likeness (QED) is 0.883. The molecule has 3 rings (SSSR count). The molecule has 1 unspecified atom stereocenters. The molecular formula is C15H17N3O4. The predicted molar refractivity (Wildman–Crippen MR) is 80.1 cm³/mol. The van der Waals surface area contributed by atoms with Crippen LogP contribution in [0, 0.1) is 6.92 Å². The number of carbonyl (C=O) groups excluding carboxylic acids is 1. The molecule has 0 bridgehead atoms. The average molecular weight is 303 g/mol. The summed E-state index contributed by atoms with van der Waals surface area (Å²) in [6.07, 6.45) is 0.622. The van der Waals surface area contributed by atoms with Crippen LogP contribution in [0.4, 0.5) is 11.5 Å². The maximum Gasteiger partial charge on any atom is 0.248 e. The number of anilines is 2. The molecule has 0 radical (unpaired) electrons. The van der Waals surface area contributed by atoms with Crippen LogP contribution in [-0.2, 0) is 4.79 Å². The van der Waals surface area contributed by atoms with E-state index in [1.54, 1.807) is 13.0 Å². The maximum atomic E-state index is 12.3. The Morgan fingerprint density at radius 3 is 2.86 bits per heavy atom. The van der Waals surface area contributed by atoms with Crippen LogP contribution in [-0.4, -0.2) is 23.9 Å². The first kappa shape index (κ1) is 14.2. The van der Waals surface area contributed by atoms with E-state index in [1.165, 1.54) is 0 Å². The van der Waals surface area contributed by atoms with Crippen molar-refractivity contribution in [3.63, 3.8) is 0 Å². The second-order valence-corrected chi connectivity index (χ2v) is 4.99. The van der Waals surface area contributed by atoms with Gasteiger partial charge >= 0.3 is 0 Å². The second kappa shape index (κ2) is 5.97. The summed E-state index contributed by atoms with van der Waals surface area (Å²) < 4.78 is 15.5. The van der Waals surface area contributed by atoms with E-state index in [9.17, 15) is 4.79 Å². The van der Waals surface area contributed by atoms with Gasteiger partial charge in [0.05, 0.1) is 0 Å². The number of nitrogens with zero attached hydrogens (tertiary/aromatic N) is 1. The maximum absolute atomic E-state index is 12.3. The Morgan fingerprint density at radius 2 is 2.14 bits per heavy atom. The molecule has 7 nitrogen and oxygen atoms in total. The summed E-state index contributed by atoms with van der Waals surface area (Å²) in [5.41, 5.74) is 0.794. The Labute approximate surface area is 127 Å². The van der Waals surface area contributed by atoms with Crippen molar-refractivity contribution in [3.8, 4) is 11.5 Å². The summed E-state index contributed by atoms with van der Waals surface area (Å²) in [7, 11) is 0. The first-order valence-electron chi connectivity index (χ1n) is 7.06. The van der Waals surface area contributed by atoms with Crippen molar-refractivity contribution >= 4 is 17.4 Å². The van der Waals surface area contributed by atoms with Crippen molar-refractivity contribution in [2.24, 2.45) is 0 Å². The van der Waals surface area contributed by atoms with Gasteiger partial charge in [0.25, 0.3) is 0 Å². The van der Waals surface area contributed by atoms with E-state index in [-0.39, 0.29) is 12.7 Å². The number of hydrogen-bond donors (Lipinski definition) is 2. The van der Waals surface area contributed by atoms with Crippen molar-refractivity contribution in [1.82, 2.24) is 5.16 Å². The average Bonchev–Trinajstić information content (AvgIpc) is 3.12. The number of nitrogens with one attached hydrogen (secondary N) is 2. The Bertz CT molecular complexity index is 683. The van der Waals surface area contributed by atoms with Gasteiger partial charge in [-0.1, -0.05) is 12.1 Å². The summed E-state index contributed by atoms with van der Waals surface area (Å²) in [6.45, 7) is 3.92. The van der Waals surface area contributed by atoms with Crippen molar-refractivity contribution < 1.29 is 18.8 Å². The molecule has 1 aromatic heterocycles. The van der Waals surface area contributed by atoms with Gasteiger partial charge < -0.3 is 24.6 Å². The molecule has 1 aromatic carbocycles. The van der Waals surface area contributed by atoms with Crippen LogP contribution in [0.15, 0.2) is 28.8 Å². The van der Waals surface area contributed by atoms with Crippen LogP contribution in [0.25, 0.3) is 0 Å². The minimum absolute atomic E-state index is 0.173. The Hall–Kier alpha value is -2.70. The minimum Gasteiger partial charge on any atom is -0.454 e. The van der Waals surface area contributed by atoms with Crippen molar-refractivity contribution in [2.75, 3.05) is 17.4 Å². The number of amides is 1. The van der Waals surface area contributed by atoms with Crippen LogP contribution in [0.2, 0.25) is 0 Å². The number of aryl methyl sites for hydroxylation is 1. The van der Waals surface area contributed by atoms with E-state index >= 15 is 0 Å². The lowest BCUT2D eigenvalue weighted by atomic mass is 10.2. The van der Waals surface area contributed by atoms with E-state index in [0.29, 0.717) is 29.5 Å². The third kappa shape index (κ3) is 2.98. The highest BCUT2D eigenvalue weighted by Crippen LogP contribution is 2.34. The lowest BCUT2D eigenvalue weighted by molar-refractivity contribution is -0.117. The minimum atomic E-state index is -0.391. The summed E-state index contributed by atoms with van der Waals surface area (Å²) >= 11 is 0. The van der Waals surface area contributed by atoms with Gasteiger partial charge in [0, 0.05) is 17.8 Å². The third-order valence-corrected chi connectivity index (χ3v) is 3.32. The number of carbonyl (C=O) groups is 1. The van der Waals surface area contributed by atoms with Gasteiger partial charge in [-0.25, -0.2) is 0 Å². The second-order valence-electron chi connectivity index (χ2n) is 4.99. The first-order chi connectivity index (χ1) is 10.7. The molecule has 1 aliphatic heterocycles. The topological polar surface area (TPSA) is 85.6 Å². The number of benzene rings is 1. The third-order valence-electron chi connectivity index (χ3n) is 3.32. The fourth-order valence-corrected chi connectivity index (χ4v) is 2.18. The molecule has 0 saturated carbocycles. The van der Waals surface area contributed by atoms with Gasteiger partial charge in [-0.2, -0.15) is 0 Å². The lowest BCUT2D eigenvalue weighted by Gasteiger charge is -2.17. The molecular weight excluding hydrogens is 286 g/mol. The highest BCUT2D eigenvalue weighted by Gasteiger charge is 2.19. The monoisotopic (exact) mass is 303 g/mol. The largest absolute Gasteiger partial charge is 0.454 e. The van der Waals surface area contributed by atoms with Gasteiger partial charge in [0.15, 0.2) is 17.3 Å². The Morgan fingerprint density at radius 1 is 1.32 bits per heavy atom. The fraction of sp³-hybridized carbons (Fsp3) is 0.333. The standard InChI is InChI=1S/C15H17N3O4/c1-3-11(15(19)17-14-6-9(2)22-18-14)16-10-4-5-12-13(7-10)21-8-20-12/h4-7,11,16H,3,8H2,1-2H3,(H,17,18,19). The fourth-order valence-electron chi connectivity index (χ4n) is 2.18.